The molecule has 0 fully saturated rings. The number of nitrogens with zero attached hydrogens (tertiary/aromatic N) is 2. The highest BCUT2D eigenvalue weighted by Crippen LogP contribution is 2.24. The second kappa shape index (κ2) is 5.00. The van der Waals surface area contributed by atoms with Crippen molar-refractivity contribution in [3.8, 4) is 0 Å². The first-order chi connectivity index (χ1) is 8.91. The number of aryl methyl sites for hydroxylation is 2. The lowest BCUT2D eigenvalue weighted by molar-refractivity contribution is 0.102. The van der Waals surface area contributed by atoms with Gasteiger partial charge in [-0.15, -0.1) is 0 Å². The number of carbonyl (C=O) groups excluding carboxylic acids is 1. The van der Waals surface area contributed by atoms with Crippen molar-refractivity contribution in [2.45, 2.75) is 6.92 Å². The van der Waals surface area contributed by atoms with Gasteiger partial charge in [-0.05, 0) is 35.0 Å². The zero-order chi connectivity index (χ0) is 14.2. The molecular weight excluding hydrogens is 315 g/mol. The molecular formula is C12H12BrFN4O. The third-order valence-electron chi connectivity index (χ3n) is 2.69. The molecule has 2 rings (SSSR count). The largest absolute Gasteiger partial charge is 0.394 e. The number of anilines is 2. The minimum absolute atomic E-state index is 0.0687. The van der Waals surface area contributed by atoms with Crippen LogP contribution < -0.4 is 11.1 Å². The van der Waals surface area contributed by atoms with E-state index in [1.807, 2.05) is 0 Å². The van der Waals surface area contributed by atoms with Crippen LogP contribution in [0, 0.1) is 12.7 Å². The Hall–Kier alpha value is -1.89. The molecule has 1 amide bonds. The van der Waals surface area contributed by atoms with E-state index in [0.717, 1.165) is 0 Å². The molecule has 0 unspecified atom stereocenters. The van der Waals surface area contributed by atoms with E-state index in [2.05, 4.69) is 26.3 Å². The number of nitrogens with one attached hydrogen (secondary N) is 1. The zero-order valence-corrected chi connectivity index (χ0v) is 12.0. The summed E-state index contributed by atoms with van der Waals surface area (Å²) in [5, 5.41) is 6.64. The number of amides is 1. The highest BCUT2D eigenvalue weighted by Gasteiger charge is 2.19. The first-order valence-electron chi connectivity index (χ1n) is 5.46. The summed E-state index contributed by atoms with van der Waals surface area (Å²) in [6.07, 6.45) is 0. The van der Waals surface area contributed by atoms with Crippen LogP contribution in [0.15, 0.2) is 22.7 Å². The maximum absolute atomic E-state index is 13.7. The second-order valence-electron chi connectivity index (χ2n) is 4.02. The van der Waals surface area contributed by atoms with Gasteiger partial charge in [0.1, 0.15) is 5.82 Å². The number of halogens is 2. The molecule has 0 atom stereocenters. The molecule has 0 bridgehead atoms. The van der Waals surface area contributed by atoms with E-state index in [1.54, 1.807) is 20.0 Å². The Morgan fingerprint density at radius 3 is 2.74 bits per heavy atom. The van der Waals surface area contributed by atoms with Crippen molar-refractivity contribution < 1.29 is 9.18 Å². The van der Waals surface area contributed by atoms with E-state index in [4.69, 9.17) is 5.73 Å². The molecule has 3 N–H and O–H groups in total. The molecule has 0 saturated carbocycles. The molecule has 0 radical (unpaired) electrons. The molecule has 1 aromatic carbocycles. The topological polar surface area (TPSA) is 72.9 Å². The molecule has 0 aliphatic carbocycles. The summed E-state index contributed by atoms with van der Waals surface area (Å²) in [6.45, 7) is 1.73. The Labute approximate surface area is 117 Å². The van der Waals surface area contributed by atoms with Crippen LogP contribution >= 0.6 is 15.9 Å². The van der Waals surface area contributed by atoms with Crippen molar-refractivity contribution in [1.29, 1.82) is 0 Å². The Kier molecular flexibility index (Phi) is 3.57. The molecule has 7 heteroatoms. The van der Waals surface area contributed by atoms with E-state index >= 15 is 0 Å². The summed E-state index contributed by atoms with van der Waals surface area (Å²) in [5.41, 5.74) is 6.70. The zero-order valence-electron chi connectivity index (χ0n) is 10.4. The summed E-state index contributed by atoms with van der Waals surface area (Å²) in [6, 6.07) is 4.33. The highest BCUT2D eigenvalue weighted by molar-refractivity contribution is 9.10. The smallest absolute Gasteiger partial charge is 0.260 e. The highest BCUT2D eigenvalue weighted by atomic mass is 79.9. The number of benzene rings is 1. The SMILES string of the molecule is Cc1nn(C)c(NC(=O)c2c(F)cccc2Br)c1N. The first-order valence-corrected chi connectivity index (χ1v) is 6.25. The Morgan fingerprint density at radius 1 is 1.53 bits per heavy atom. The van der Waals surface area contributed by atoms with Crippen LogP contribution in [0.1, 0.15) is 16.1 Å². The summed E-state index contributed by atoms with van der Waals surface area (Å²) < 4.78 is 15.5. The maximum atomic E-state index is 13.7. The fraction of sp³-hybridized carbons (Fsp3) is 0.167. The van der Waals surface area contributed by atoms with Crippen LogP contribution in [-0.4, -0.2) is 15.7 Å². The number of hydrogen-bond donors (Lipinski definition) is 2. The third-order valence-corrected chi connectivity index (χ3v) is 3.35. The number of rotatable bonds is 2. The van der Waals surface area contributed by atoms with Gasteiger partial charge < -0.3 is 11.1 Å². The van der Waals surface area contributed by atoms with Gasteiger partial charge >= 0.3 is 0 Å². The fourth-order valence-corrected chi connectivity index (χ4v) is 2.23. The van der Waals surface area contributed by atoms with Crippen molar-refractivity contribution in [2.24, 2.45) is 7.05 Å². The van der Waals surface area contributed by atoms with Crippen LogP contribution in [0.3, 0.4) is 0 Å². The second-order valence-corrected chi connectivity index (χ2v) is 4.88. The number of hydrogen-bond acceptors (Lipinski definition) is 3. The average molecular weight is 327 g/mol. The lowest BCUT2D eigenvalue weighted by atomic mass is 10.2. The third kappa shape index (κ3) is 2.46. The molecule has 0 aliphatic heterocycles. The predicted molar refractivity (Wildman–Crippen MR) is 74.4 cm³/mol. The predicted octanol–water partition coefficient (Wildman–Crippen LogP) is 2.46. The lowest BCUT2D eigenvalue weighted by Gasteiger charge is -2.08. The fourth-order valence-electron chi connectivity index (χ4n) is 1.71. The van der Waals surface area contributed by atoms with Gasteiger partial charge in [-0.3, -0.25) is 9.48 Å². The Bertz CT molecular complexity index is 633. The van der Waals surface area contributed by atoms with Crippen molar-refractivity contribution in [1.82, 2.24) is 9.78 Å². The van der Waals surface area contributed by atoms with Crippen molar-refractivity contribution in [3.63, 3.8) is 0 Å². The van der Waals surface area contributed by atoms with Gasteiger partial charge in [-0.2, -0.15) is 5.10 Å². The van der Waals surface area contributed by atoms with E-state index in [1.165, 1.54) is 16.8 Å². The summed E-state index contributed by atoms with van der Waals surface area (Å²) in [7, 11) is 1.65. The molecule has 0 aliphatic rings. The standard InChI is InChI=1S/C12H12BrFN4O/c1-6-10(15)11(18(2)17-6)16-12(19)9-7(13)4-3-5-8(9)14/h3-5H,15H2,1-2H3,(H,16,19). The van der Waals surface area contributed by atoms with Crippen LogP contribution in [0.2, 0.25) is 0 Å². The molecule has 0 saturated heterocycles. The van der Waals surface area contributed by atoms with Gasteiger partial charge in [-0.1, -0.05) is 6.07 Å². The van der Waals surface area contributed by atoms with Gasteiger partial charge in [0.2, 0.25) is 0 Å². The number of nitrogen functional groups attached to an aromatic ring is 1. The summed E-state index contributed by atoms with van der Waals surface area (Å²) in [4.78, 5) is 12.1. The van der Waals surface area contributed by atoms with Gasteiger partial charge in [0.15, 0.2) is 5.82 Å². The molecule has 1 heterocycles. The first kappa shape index (κ1) is 13.5. The Morgan fingerprint density at radius 2 is 2.21 bits per heavy atom. The monoisotopic (exact) mass is 326 g/mol. The minimum Gasteiger partial charge on any atom is -0.394 e. The molecule has 5 nitrogen and oxygen atoms in total. The lowest BCUT2D eigenvalue weighted by Crippen LogP contribution is -2.17. The van der Waals surface area contributed by atoms with Gasteiger partial charge in [0.25, 0.3) is 5.91 Å². The normalized spacial score (nSPS) is 10.5. The van der Waals surface area contributed by atoms with Crippen LogP contribution in [-0.2, 0) is 7.05 Å². The summed E-state index contributed by atoms with van der Waals surface area (Å²) >= 11 is 3.15. The van der Waals surface area contributed by atoms with Crippen LogP contribution in [0.5, 0.6) is 0 Å². The molecule has 2 aromatic rings. The molecule has 1 aromatic heterocycles. The van der Waals surface area contributed by atoms with E-state index in [9.17, 15) is 9.18 Å². The summed E-state index contributed by atoms with van der Waals surface area (Å²) in [5.74, 6) is -0.846. The quantitative estimate of drug-likeness (QED) is 0.890. The van der Waals surface area contributed by atoms with E-state index < -0.39 is 11.7 Å². The van der Waals surface area contributed by atoms with Crippen LogP contribution in [0.25, 0.3) is 0 Å². The molecule has 0 spiro atoms. The molecule has 100 valence electrons. The number of nitrogens with two attached hydrogens (primary N) is 1. The van der Waals surface area contributed by atoms with Crippen LogP contribution in [0.4, 0.5) is 15.9 Å². The molecule has 19 heavy (non-hydrogen) atoms. The van der Waals surface area contributed by atoms with Crippen molar-refractivity contribution in [2.75, 3.05) is 11.1 Å². The number of aromatic nitrogens is 2. The average Bonchev–Trinajstić information content (AvgIpc) is 2.56. The van der Waals surface area contributed by atoms with Gasteiger partial charge in [-0.25, -0.2) is 4.39 Å². The Balaban J connectivity index is 2.36. The minimum atomic E-state index is -0.607. The van der Waals surface area contributed by atoms with Gasteiger partial charge in [0.05, 0.1) is 16.9 Å². The number of carbonyl (C=O) groups is 1. The van der Waals surface area contributed by atoms with E-state index in [-0.39, 0.29) is 5.56 Å². The van der Waals surface area contributed by atoms with Gasteiger partial charge in [0, 0.05) is 11.5 Å². The van der Waals surface area contributed by atoms with E-state index in [0.29, 0.717) is 21.7 Å². The maximum Gasteiger partial charge on any atom is 0.260 e. The van der Waals surface area contributed by atoms with Crippen molar-refractivity contribution >= 4 is 33.3 Å². The van der Waals surface area contributed by atoms with Crippen molar-refractivity contribution in [3.05, 3.63) is 39.7 Å².